The zero-order valence-electron chi connectivity index (χ0n) is 11.9. The molecule has 0 aromatic heterocycles. The zero-order chi connectivity index (χ0) is 14.1. The van der Waals surface area contributed by atoms with E-state index in [9.17, 15) is 0 Å². The lowest BCUT2D eigenvalue weighted by Crippen LogP contribution is -2.50. The Morgan fingerprint density at radius 1 is 1.19 bits per heavy atom. The van der Waals surface area contributed by atoms with Crippen LogP contribution < -0.4 is 5.32 Å². The zero-order valence-corrected chi connectivity index (χ0v) is 14.2. The van der Waals surface area contributed by atoms with E-state index in [-0.39, 0.29) is 18.4 Å². The predicted molar refractivity (Wildman–Crippen MR) is 91.0 cm³/mol. The number of hydrogen-bond acceptors (Lipinski definition) is 4. The van der Waals surface area contributed by atoms with Gasteiger partial charge in [-0.1, -0.05) is 29.3 Å². The summed E-state index contributed by atoms with van der Waals surface area (Å²) < 4.78 is 0. The van der Waals surface area contributed by atoms with Gasteiger partial charge in [0.1, 0.15) is 0 Å². The first-order valence-electron chi connectivity index (χ1n) is 6.83. The molecule has 0 bridgehead atoms. The molecule has 2 heterocycles. The van der Waals surface area contributed by atoms with Crippen molar-refractivity contribution in [2.75, 3.05) is 39.8 Å². The minimum atomic E-state index is 0. The van der Waals surface area contributed by atoms with Gasteiger partial charge in [-0.2, -0.15) is 0 Å². The Kier molecular flexibility index (Phi) is 5.60. The molecular weight excluding hydrogens is 331 g/mol. The topological polar surface area (TPSA) is 30.9 Å². The summed E-state index contributed by atoms with van der Waals surface area (Å²) in [6.07, 6.45) is 0. The molecule has 116 valence electrons. The molecule has 2 aliphatic rings. The van der Waals surface area contributed by atoms with E-state index in [4.69, 9.17) is 23.2 Å². The molecule has 1 aromatic rings. The van der Waals surface area contributed by atoms with Crippen LogP contribution in [0.15, 0.2) is 23.2 Å². The molecule has 0 aliphatic carbocycles. The Morgan fingerprint density at radius 2 is 1.90 bits per heavy atom. The van der Waals surface area contributed by atoms with Crippen LogP contribution in [0.3, 0.4) is 0 Å². The fourth-order valence-corrected chi connectivity index (χ4v) is 3.13. The molecule has 1 saturated heterocycles. The Morgan fingerprint density at radius 3 is 2.57 bits per heavy atom. The summed E-state index contributed by atoms with van der Waals surface area (Å²) in [5, 5.41) is 4.84. The van der Waals surface area contributed by atoms with Gasteiger partial charge in [0.05, 0.1) is 12.6 Å². The van der Waals surface area contributed by atoms with Gasteiger partial charge in [0, 0.05) is 36.2 Å². The van der Waals surface area contributed by atoms with Gasteiger partial charge in [0.2, 0.25) is 0 Å². The summed E-state index contributed by atoms with van der Waals surface area (Å²) in [7, 11) is 2.15. The maximum atomic E-state index is 6.27. The number of nitrogens with zero attached hydrogens (tertiary/aromatic N) is 3. The minimum Gasteiger partial charge on any atom is -0.347 e. The Bertz CT molecular complexity index is 527. The third kappa shape index (κ3) is 3.75. The van der Waals surface area contributed by atoms with E-state index in [1.165, 1.54) is 0 Å². The van der Waals surface area contributed by atoms with E-state index in [1.807, 2.05) is 12.1 Å². The lowest BCUT2D eigenvalue weighted by molar-refractivity contribution is 0.212. The number of benzene rings is 1. The van der Waals surface area contributed by atoms with Gasteiger partial charge >= 0.3 is 0 Å². The quantitative estimate of drug-likeness (QED) is 0.845. The molecule has 0 spiro atoms. The molecule has 1 aromatic carbocycles. The Labute approximate surface area is 141 Å². The summed E-state index contributed by atoms with van der Waals surface area (Å²) in [4.78, 5) is 9.27. The van der Waals surface area contributed by atoms with Crippen molar-refractivity contribution in [1.29, 1.82) is 0 Å². The van der Waals surface area contributed by atoms with Crippen LogP contribution in [0.4, 0.5) is 0 Å². The highest BCUT2D eigenvalue weighted by Gasteiger charge is 2.26. The number of rotatable bonds is 1. The molecule has 1 atom stereocenters. The van der Waals surface area contributed by atoms with Crippen molar-refractivity contribution in [3.8, 4) is 0 Å². The fraction of sp³-hybridized carbons (Fsp3) is 0.500. The number of piperazine rings is 1. The second-order valence-corrected chi connectivity index (χ2v) is 6.16. The average molecular weight is 350 g/mol. The second kappa shape index (κ2) is 7.05. The van der Waals surface area contributed by atoms with Crippen LogP contribution >= 0.6 is 35.6 Å². The third-order valence-electron chi connectivity index (χ3n) is 3.87. The highest BCUT2D eigenvalue weighted by Crippen LogP contribution is 2.28. The van der Waals surface area contributed by atoms with Gasteiger partial charge in [-0.25, -0.2) is 0 Å². The molecule has 3 rings (SSSR count). The summed E-state index contributed by atoms with van der Waals surface area (Å²) in [5.74, 6) is 0.995. The molecule has 1 fully saturated rings. The summed E-state index contributed by atoms with van der Waals surface area (Å²) in [5.41, 5.74) is 1.06. The van der Waals surface area contributed by atoms with Crippen LogP contribution in [-0.2, 0) is 0 Å². The van der Waals surface area contributed by atoms with E-state index in [0.717, 1.165) is 44.2 Å². The lowest BCUT2D eigenvalue weighted by Gasteiger charge is -2.34. The van der Waals surface area contributed by atoms with Crippen LogP contribution in [0.25, 0.3) is 0 Å². The van der Waals surface area contributed by atoms with Crippen molar-refractivity contribution in [3.05, 3.63) is 33.8 Å². The van der Waals surface area contributed by atoms with Gasteiger partial charge in [-0.05, 0) is 24.7 Å². The summed E-state index contributed by atoms with van der Waals surface area (Å²) >= 11 is 12.2. The van der Waals surface area contributed by atoms with Crippen LogP contribution in [-0.4, -0.2) is 55.5 Å². The number of likely N-dealkylation sites (N-methyl/N-ethyl adjacent to an activating group) is 1. The Balaban J connectivity index is 0.00000161. The molecule has 1 N–H and O–H groups in total. The van der Waals surface area contributed by atoms with Crippen LogP contribution in [0, 0.1) is 0 Å². The Hall–Kier alpha value is -0.680. The number of aliphatic imine (C=N–C) groups is 1. The number of halogens is 3. The average Bonchev–Trinajstić information content (AvgIpc) is 2.89. The first-order valence-corrected chi connectivity index (χ1v) is 7.58. The van der Waals surface area contributed by atoms with Crippen molar-refractivity contribution >= 4 is 41.6 Å². The summed E-state index contributed by atoms with van der Waals surface area (Å²) in [6, 6.07) is 5.78. The molecule has 1 unspecified atom stereocenters. The van der Waals surface area contributed by atoms with Crippen LogP contribution in [0.5, 0.6) is 0 Å². The molecule has 7 heteroatoms. The van der Waals surface area contributed by atoms with Crippen LogP contribution in [0.1, 0.15) is 11.6 Å². The van der Waals surface area contributed by atoms with E-state index in [1.54, 1.807) is 6.07 Å². The first kappa shape index (κ1) is 16.7. The van der Waals surface area contributed by atoms with Crippen LogP contribution in [0.2, 0.25) is 10.0 Å². The predicted octanol–water partition coefficient (Wildman–Crippen LogP) is 2.66. The third-order valence-corrected chi connectivity index (χ3v) is 4.43. The molecule has 21 heavy (non-hydrogen) atoms. The molecule has 2 aliphatic heterocycles. The van der Waals surface area contributed by atoms with Gasteiger partial charge in [0.15, 0.2) is 5.96 Å². The SMILES string of the molecule is CN1CCN(C2=NCC(c3ccc(Cl)cc3Cl)N2)CC1.Cl. The van der Waals surface area contributed by atoms with Gasteiger partial charge in [-0.3, -0.25) is 4.99 Å². The van der Waals surface area contributed by atoms with Crippen molar-refractivity contribution in [2.45, 2.75) is 6.04 Å². The van der Waals surface area contributed by atoms with E-state index in [0.29, 0.717) is 10.0 Å². The molecular formula is C14H19Cl3N4. The van der Waals surface area contributed by atoms with E-state index < -0.39 is 0 Å². The van der Waals surface area contributed by atoms with Crippen molar-refractivity contribution in [3.63, 3.8) is 0 Å². The highest BCUT2D eigenvalue weighted by atomic mass is 35.5. The molecule has 4 nitrogen and oxygen atoms in total. The molecule has 0 radical (unpaired) electrons. The van der Waals surface area contributed by atoms with E-state index in [2.05, 4.69) is 27.2 Å². The van der Waals surface area contributed by atoms with Gasteiger partial charge < -0.3 is 15.1 Å². The molecule has 0 saturated carbocycles. The first-order chi connectivity index (χ1) is 9.63. The summed E-state index contributed by atoms with van der Waals surface area (Å²) in [6.45, 7) is 4.91. The maximum Gasteiger partial charge on any atom is 0.194 e. The number of guanidine groups is 1. The van der Waals surface area contributed by atoms with Crippen molar-refractivity contribution in [1.82, 2.24) is 15.1 Å². The standard InChI is InChI=1S/C14H18Cl2N4.ClH/c1-19-4-6-20(7-5-19)14-17-9-13(18-14)11-3-2-10(15)8-12(11)16;/h2-3,8,13H,4-7,9H2,1H3,(H,17,18);1H. The fourth-order valence-electron chi connectivity index (χ4n) is 2.59. The monoisotopic (exact) mass is 348 g/mol. The van der Waals surface area contributed by atoms with Gasteiger partial charge in [-0.15, -0.1) is 12.4 Å². The normalized spacial score (nSPS) is 22.5. The van der Waals surface area contributed by atoms with E-state index >= 15 is 0 Å². The molecule has 0 amide bonds. The number of nitrogens with one attached hydrogen (secondary N) is 1. The highest BCUT2D eigenvalue weighted by molar-refractivity contribution is 6.35. The van der Waals surface area contributed by atoms with Crippen molar-refractivity contribution in [2.24, 2.45) is 4.99 Å². The number of hydrogen-bond donors (Lipinski definition) is 1. The minimum absolute atomic E-state index is 0. The largest absolute Gasteiger partial charge is 0.347 e. The smallest absolute Gasteiger partial charge is 0.194 e. The maximum absolute atomic E-state index is 6.27. The lowest BCUT2D eigenvalue weighted by atomic mass is 10.1. The van der Waals surface area contributed by atoms with Gasteiger partial charge in [0.25, 0.3) is 0 Å². The second-order valence-electron chi connectivity index (χ2n) is 5.32. The van der Waals surface area contributed by atoms with Crippen molar-refractivity contribution < 1.29 is 0 Å².